The molecule has 0 aromatic heterocycles. The van der Waals surface area contributed by atoms with Crippen molar-refractivity contribution in [3.8, 4) is 0 Å². The second-order valence-electron chi connectivity index (χ2n) is 7.64. The lowest BCUT2D eigenvalue weighted by Crippen LogP contribution is -2.47. The lowest BCUT2D eigenvalue weighted by molar-refractivity contribution is -0.147. The second-order valence-corrected chi connectivity index (χ2v) is 7.64. The summed E-state index contributed by atoms with van der Waals surface area (Å²) in [6.07, 6.45) is 8.95. The van der Waals surface area contributed by atoms with Gasteiger partial charge in [-0.2, -0.15) is 0 Å². The van der Waals surface area contributed by atoms with E-state index in [2.05, 4.69) is 13.8 Å². The highest BCUT2D eigenvalue weighted by Gasteiger charge is 2.38. The molecular weight excluding hydrogens is 264 g/mol. The normalized spacial score (nSPS) is 25.4. The average Bonchev–Trinajstić information content (AvgIpc) is 2.76. The Kier molecular flexibility index (Phi) is 5.67. The predicted molar refractivity (Wildman–Crippen MR) is 85.0 cm³/mol. The maximum Gasteiger partial charge on any atom is 0.248 e. The van der Waals surface area contributed by atoms with Crippen molar-refractivity contribution in [2.45, 2.75) is 70.8 Å². The fraction of sp³-hybridized carbons (Fsp3) is 0.941. The average molecular weight is 296 g/mol. The van der Waals surface area contributed by atoms with E-state index in [0.29, 0.717) is 12.0 Å². The van der Waals surface area contributed by atoms with Crippen molar-refractivity contribution in [2.75, 3.05) is 26.2 Å². The van der Waals surface area contributed by atoms with Gasteiger partial charge in [-0.15, -0.1) is 0 Å². The van der Waals surface area contributed by atoms with Gasteiger partial charge in [-0.3, -0.25) is 4.79 Å². The number of ether oxygens (including phenoxy) is 1. The van der Waals surface area contributed by atoms with Crippen LogP contribution in [0.2, 0.25) is 0 Å². The summed E-state index contributed by atoms with van der Waals surface area (Å²) in [4.78, 5) is 14.3. The van der Waals surface area contributed by atoms with Crippen LogP contribution in [0.1, 0.15) is 65.2 Å². The lowest BCUT2D eigenvalue weighted by Gasteiger charge is -2.42. The largest absolute Gasteiger partial charge is 0.364 e. The van der Waals surface area contributed by atoms with Gasteiger partial charge in [0.1, 0.15) is 6.61 Å². The van der Waals surface area contributed by atoms with Crippen molar-refractivity contribution < 1.29 is 9.53 Å². The summed E-state index contributed by atoms with van der Waals surface area (Å²) in [5.41, 5.74) is 6.09. The van der Waals surface area contributed by atoms with Crippen molar-refractivity contribution in [1.82, 2.24) is 4.90 Å². The van der Waals surface area contributed by atoms with Gasteiger partial charge in [0.15, 0.2) is 0 Å². The molecular formula is C17H32N2O2. The van der Waals surface area contributed by atoms with Gasteiger partial charge < -0.3 is 15.4 Å². The molecule has 122 valence electrons. The van der Waals surface area contributed by atoms with Gasteiger partial charge in [0.2, 0.25) is 5.91 Å². The van der Waals surface area contributed by atoms with E-state index in [1.54, 1.807) is 0 Å². The molecule has 1 aliphatic heterocycles. The van der Waals surface area contributed by atoms with E-state index in [1.165, 1.54) is 12.8 Å². The number of likely N-dealkylation sites (tertiary alicyclic amines) is 1. The zero-order valence-corrected chi connectivity index (χ0v) is 13.8. The minimum atomic E-state index is -0.267. The van der Waals surface area contributed by atoms with Crippen molar-refractivity contribution >= 4 is 5.91 Å². The Bertz CT molecular complexity index is 337. The fourth-order valence-corrected chi connectivity index (χ4v) is 3.42. The molecule has 4 heteroatoms. The van der Waals surface area contributed by atoms with Crippen LogP contribution < -0.4 is 5.73 Å². The quantitative estimate of drug-likeness (QED) is 0.868. The van der Waals surface area contributed by atoms with Crippen LogP contribution >= 0.6 is 0 Å². The van der Waals surface area contributed by atoms with E-state index in [1.807, 2.05) is 4.90 Å². The topological polar surface area (TPSA) is 55.6 Å². The van der Waals surface area contributed by atoms with Gasteiger partial charge in [-0.25, -0.2) is 0 Å². The minimum Gasteiger partial charge on any atom is -0.364 e. The van der Waals surface area contributed by atoms with Crippen LogP contribution in [-0.4, -0.2) is 42.6 Å². The molecule has 1 heterocycles. The van der Waals surface area contributed by atoms with E-state index < -0.39 is 0 Å². The fourth-order valence-electron chi connectivity index (χ4n) is 3.42. The Hall–Kier alpha value is -0.610. The van der Waals surface area contributed by atoms with Gasteiger partial charge in [0, 0.05) is 19.6 Å². The Labute approximate surface area is 129 Å². The van der Waals surface area contributed by atoms with Crippen LogP contribution in [-0.2, 0) is 9.53 Å². The molecule has 4 nitrogen and oxygen atoms in total. The third kappa shape index (κ3) is 4.68. The zero-order chi connectivity index (χ0) is 15.3. The molecule has 0 aromatic rings. The summed E-state index contributed by atoms with van der Waals surface area (Å²) < 4.78 is 6.05. The number of carbonyl (C=O) groups excluding carboxylic acids is 1. The number of nitrogens with zero attached hydrogens (tertiary/aromatic N) is 1. The third-order valence-corrected chi connectivity index (χ3v) is 5.35. The standard InChI is InChI=1S/C17H32N2O2/c1-16(2)7-9-17(14-18,10-8-16)21-13-15(20)19-11-5-3-4-6-12-19/h3-14,18H2,1-2H3. The molecule has 0 bridgehead atoms. The first-order valence-corrected chi connectivity index (χ1v) is 8.58. The number of nitrogens with two attached hydrogens (primary N) is 1. The molecule has 1 saturated heterocycles. The minimum absolute atomic E-state index is 0.148. The molecule has 1 aliphatic carbocycles. The van der Waals surface area contributed by atoms with E-state index in [0.717, 1.165) is 51.6 Å². The number of hydrogen-bond acceptors (Lipinski definition) is 3. The molecule has 2 aliphatic rings. The maximum atomic E-state index is 12.3. The molecule has 0 unspecified atom stereocenters. The smallest absolute Gasteiger partial charge is 0.248 e. The van der Waals surface area contributed by atoms with Crippen LogP contribution in [0.4, 0.5) is 0 Å². The summed E-state index contributed by atoms with van der Waals surface area (Å²) in [5, 5.41) is 0. The van der Waals surface area contributed by atoms with E-state index in [4.69, 9.17) is 10.5 Å². The highest BCUT2D eigenvalue weighted by atomic mass is 16.5. The summed E-state index contributed by atoms with van der Waals surface area (Å²) in [6, 6.07) is 0. The molecule has 0 atom stereocenters. The summed E-state index contributed by atoms with van der Waals surface area (Å²) in [5.74, 6) is 0.148. The highest BCUT2D eigenvalue weighted by Crippen LogP contribution is 2.41. The SMILES string of the molecule is CC1(C)CCC(CN)(OCC(=O)N2CCCCCC2)CC1. The Morgan fingerprint density at radius 2 is 1.62 bits per heavy atom. The first-order valence-electron chi connectivity index (χ1n) is 8.58. The van der Waals surface area contributed by atoms with Crippen molar-refractivity contribution in [3.63, 3.8) is 0 Å². The second kappa shape index (κ2) is 7.10. The summed E-state index contributed by atoms with van der Waals surface area (Å²) in [6.45, 7) is 7.12. The van der Waals surface area contributed by atoms with Crippen LogP contribution in [0.15, 0.2) is 0 Å². The first-order chi connectivity index (χ1) is 9.96. The number of amides is 1. The van der Waals surface area contributed by atoms with E-state index in [9.17, 15) is 4.79 Å². The number of rotatable bonds is 4. The number of carbonyl (C=O) groups is 1. The number of hydrogen-bond donors (Lipinski definition) is 1. The van der Waals surface area contributed by atoms with Crippen molar-refractivity contribution in [1.29, 1.82) is 0 Å². The van der Waals surface area contributed by atoms with Gasteiger partial charge in [0.25, 0.3) is 0 Å². The van der Waals surface area contributed by atoms with Crippen LogP contribution in [0.3, 0.4) is 0 Å². The molecule has 2 fully saturated rings. The molecule has 1 saturated carbocycles. The first kappa shape index (κ1) is 16.8. The van der Waals surface area contributed by atoms with E-state index >= 15 is 0 Å². The van der Waals surface area contributed by atoms with Crippen molar-refractivity contribution in [2.24, 2.45) is 11.1 Å². The maximum absolute atomic E-state index is 12.3. The third-order valence-electron chi connectivity index (χ3n) is 5.35. The Morgan fingerprint density at radius 1 is 1.05 bits per heavy atom. The zero-order valence-electron chi connectivity index (χ0n) is 13.8. The molecule has 0 aromatic carbocycles. The summed E-state index contributed by atoms with van der Waals surface area (Å²) >= 11 is 0. The molecule has 0 radical (unpaired) electrons. The molecule has 21 heavy (non-hydrogen) atoms. The molecule has 2 rings (SSSR count). The van der Waals surface area contributed by atoms with Crippen LogP contribution in [0.5, 0.6) is 0 Å². The monoisotopic (exact) mass is 296 g/mol. The van der Waals surface area contributed by atoms with Crippen LogP contribution in [0.25, 0.3) is 0 Å². The van der Waals surface area contributed by atoms with Crippen LogP contribution in [0, 0.1) is 5.41 Å². The molecule has 2 N–H and O–H groups in total. The van der Waals surface area contributed by atoms with E-state index in [-0.39, 0.29) is 18.1 Å². The molecule has 0 spiro atoms. The lowest BCUT2D eigenvalue weighted by atomic mass is 9.71. The summed E-state index contributed by atoms with van der Waals surface area (Å²) in [7, 11) is 0. The molecule has 1 amide bonds. The van der Waals surface area contributed by atoms with Gasteiger partial charge in [-0.1, -0.05) is 26.7 Å². The van der Waals surface area contributed by atoms with Gasteiger partial charge in [0.05, 0.1) is 5.60 Å². The predicted octanol–water partition coefficient (Wildman–Crippen LogP) is 2.70. The Balaban J connectivity index is 1.83. The van der Waals surface area contributed by atoms with Gasteiger partial charge in [-0.05, 0) is 43.9 Å². The highest BCUT2D eigenvalue weighted by molar-refractivity contribution is 5.77. The van der Waals surface area contributed by atoms with Gasteiger partial charge >= 0.3 is 0 Å². The Morgan fingerprint density at radius 3 is 2.14 bits per heavy atom. The van der Waals surface area contributed by atoms with Crippen molar-refractivity contribution in [3.05, 3.63) is 0 Å².